The predicted molar refractivity (Wildman–Crippen MR) is 85.8 cm³/mol. The van der Waals surface area contributed by atoms with Crippen molar-refractivity contribution in [1.82, 2.24) is 9.97 Å². The number of rotatable bonds is 3. The number of aromatic amines is 1. The summed E-state index contributed by atoms with van der Waals surface area (Å²) in [4.78, 5) is 8.00. The average Bonchev–Trinajstić information content (AvgIpc) is 2.81. The molecule has 108 valence electrons. The van der Waals surface area contributed by atoms with Crippen molar-refractivity contribution >= 4 is 11.0 Å². The van der Waals surface area contributed by atoms with Crippen LogP contribution in [0.1, 0.15) is 28.1 Å². The van der Waals surface area contributed by atoms with Gasteiger partial charge < -0.3 is 9.72 Å². The van der Waals surface area contributed by atoms with E-state index >= 15 is 0 Å². The fourth-order valence-electron chi connectivity index (χ4n) is 2.76. The Bertz CT molecular complexity index is 782. The molecule has 0 bridgehead atoms. The third kappa shape index (κ3) is 2.64. The van der Waals surface area contributed by atoms with Gasteiger partial charge in [0, 0.05) is 0 Å². The summed E-state index contributed by atoms with van der Waals surface area (Å²) in [6.45, 7) is 8.77. The molecule has 0 fully saturated rings. The highest BCUT2D eigenvalue weighted by molar-refractivity contribution is 5.79. The number of para-hydroxylation sites is 1. The van der Waals surface area contributed by atoms with Gasteiger partial charge in [0.15, 0.2) is 0 Å². The number of fused-ring (bicyclic) bond motifs is 1. The topological polar surface area (TPSA) is 37.9 Å². The van der Waals surface area contributed by atoms with Crippen LogP contribution in [-0.2, 0) is 6.61 Å². The van der Waals surface area contributed by atoms with Gasteiger partial charge in [-0.25, -0.2) is 4.98 Å². The lowest BCUT2D eigenvalue weighted by Crippen LogP contribution is -2.00. The highest BCUT2D eigenvalue weighted by Crippen LogP contribution is 2.24. The first-order chi connectivity index (χ1) is 10.0. The zero-order valence-corrected chi connectivity index (χ0v) is 12.9. The van der Waals surface area contributed by atoms with Crippen LogP contribution in [0.4, 0.5) is 0 Å². The lowest BCUT2D eigenvalue weighted by atomic mass is 10.1. The number of hydrogen-bond donors (Lipinski definition) is 1. The van der Waals surface area contributed by atoms with Crippen LogP contribution in [-0.4, -0.2) is 9.97 Å². The smallest absolute Gasteiger partial charge is 0.146 e. The van der Waals surface area contributed by atoms with Crippen LogP contribution in [0, 0.1) is 27.7 Å². The van der Waals surface area contributed by atoms with E-state index in [1.807, 2.05) is 6.07 Å². The standard InChI is InChI=1S/C18H20N2O/c1-11-8-14(4)17-15(9-11)19-16(20-17)10-21-18-12(2)6-5-7-13(18)3/h5-9H,10H2,1-4H3,(H,19,20). The van der Waals surface area contributed by atoms with Crippen LogP contribution in [0.3, 0.4) is 0 Å². The zero-order chi connectivity index (χ0) is 15.0. The van der Waals surface area contributed by atoms with Crippen LogP contribution >= 0.6 is 0 Å². The summed E-state index contributed by atoms with van der Waals surface area (Å²) in [6, 6.07) is 10.4. The van der Waals surface area contributed by atoms with Crippen LogP contribution in [0.25, 0.3) is 11.0 Å². The van der Waals surface area contributed by atoms with Crippen LogP contribution in [0.15, 0.2) is 30.3 Å². The highest BCUT2D eigenvalue weighted by atomic mass is 16.5. The number of hydrogen-bond acceptors (Lipinski definition) is 2. The molecule has 0 aliphatic heterocycles. The van der Waals surface area contributed by atoms with Crippen molar-refractivity contribution in [3.05, 3.63) is 58.4 Å². The van der Waals surface area contributed by atoms with E-state index in [-0.39, 0.29) is 0 Å². The van der Waals surface area contributed by atoms with Gasteiger partial charge in [-0.05, 0) is 56.0 Å². The maximum atomic E-state index is 5.96. The molecule has 3 aromatic rings. The van der Waals surface area contributed by atoms with Gasteiger partial charge in [-0.2, -0.15) is 0 Å². The predicted octanol–water partition coefficient (Wildman–Crippen LogP) is 4.38. The average molecular weight is 280 g/mol. The molecule has 1 N–H and O–H groups in total. The van der Waals surface area contributed by atoms with E-state index in [1.54, 1.807) is 0 Å². The molecule has 0 radical (unpaired) electrons. The van der Waals surface area contributed by atoms with Crippen molar-refractivity contribution in [2.45, 2.75) is 34.3 Å². The Morgan fingerprint density at radius 2 is 1.71 bits per heavy atom. The molecule has 0 atom stereocenters. The quantitative estimate of drug-likeness (QED) is 0.773. The van der Waals surface area contributed by atoms with Gasteiger partial charge in [0.05, 0.1) is 11.0 Å². The van der Waals surface area contributed by atoms with Gasteiger partial charge in [-0.15, -0.1) is 0 Å². The van der Waals surface area contributed by atoms with Crippen molar-refractivity contribution in [1.29, 1.82) is 0 Å². The number of ether oxygens (including phenoxy) is 1. The number of aryl methyl sites for hydroxylation is 4. The second-order valence-corrected chi connectivity index (χ2v) is 5.67. The van der Waals surface area contributed by atoms with E-state index in [4.69, 9.17) is 4.74 Å². The summed E-state index contributed by atoms with van der Waals surface area (Å²) < 4.78 is 5.96. The van der Waals surface area contributed by atoms with Gasteiger partial charge in [0.2, 0.25) is 0 Å². The van der Waals surface area contributed by atoms with E-state index in [9.17, 15) is 0 Å². The molecule has 0 saturated heterocycles. The second-order valence-electron chi connectivity index (χ2n) is 5.67. The molecule has 3 nitrogen and oxygen atoms in total. The Morgan fingerprint density at radius 3 is 2.43 bits per heavy atom. The van der Waals surface area contributed by atoms with Crippen molar-refractivity contribution in [3.8, 4) is 5.75 Å². The first kappa shape index (κ1) is 13.7. The molecule has 21 heavy (non-hydrogen) atoms. The Morgan fingerprint density at radius 1 is 1.00 bits per heavy atom. The summed E-state index contributed by atoms with van der Waals surface area (Å²) in [5, 5.41) is 0. The molecule has 0 spiro atoms. The minimum atomic E-state index is 0.457. The summed E-state index contributed by atoms with van der Waals surface area (Å²) in [5.74, 6) is 1.81. The van der Waals surface area contributed by atoms with Gasteiger partial charge in [-0.1, -0.05) is 24.3 Å². The monoisotopic (exact) mass is 280 g/mol. The fraction of sp³-hybridized carbons (Fsp3) is 0.278. The summed E-state index contributed by atoms with van der Waals surface area (Å²) in [6.07, 6.45) is 0. The van der Waals surface area contributed by atoms with E-state index in [0.29, 0.717) is 6.61 Å². The Kier molecular flexibility index (Phi) is 3.42. The van der Waals surface area contributed by atoms with Crippen molar-refractivity contribution in [2.24, 2.45) is 0 Å². The van der Waals surface area contributed by atoms with Gasteiger partial charge in [0.1, 0.15) is 18.2 Å². The van der Waals surface area contributed by atoms with E-state index in [2.05, 4.69) is 61.9 Å². The minimum Gasteiger partial charge on any atom is -0.485 e. The third-order valence-electron chi connectivity index (χ3n) is 3.73. The Hall–Kier alpha value is -2.29. The van der Waals surface area contributed by atoms with Crippen LogP contribution < -0.4 is 4.74 Å². The van der Waals surface area contributed by atoms with Gasteiger partial charge >= 0.3 is 0 Å². The molecule has 2 aromatic carbocycles. The second kappa shape index (κ2) is 5.24. The molecular formula is C18H20N2O. The number of aromatic nitrogens is 2. The molecule has 0 aliphatic rings. The molecule has 1 heterocycles. The van der Waals surface area contributed by atoms with E-state index in [1.165, 1.54) is 11.1 Å². The lowest BCUT2D eigenvalue weighted by molar-refractivity contribution is 0.293. The largest absolute Gasteiger partial charge is 0.485 e. The maximum Gasteiger partial charge on any atom is 0.146 e. The normalized spacial score (nSPS) is 11.0. The molecule has 0 amide bonds. The van der Waals surface area contributed by atoms with Crippen molar-refractivity contribution in [3.63, 3.8) is 0 Å². The van der Waals surface area contributed by atoms with E-state index in [0.717, 1.165) is 33.7 Å². The third-order valence-corrected chi connectivity index (χ3v) is 3.73. The lowest BCUT2D eigenvalue weighted by Gasteiger charge is -2.10. The number of benzene rings is 2. The fourth-order valence-corrected chi connectivity index (χ4v) is 2.76. The molecule has 0 saturated carbocycles. The number of nitrogens with one attached hydrogen (secondary N) is 1. The first-order valence-electron chi connectivity index (χ1n) is 7.19. The Labute approximate surface area is 125 Å². The summed E-state index contributed by atoms with van der Waals surface area (Å²) in [5.41, 5.74) is 6.84. The molecule has 1 aromatic heterocycles. The molecule has 0 aliphatic carbocycles. The first-order valence-corrected chi connectivity index (χ1v) is 7.19. The number of H-pyrrole nitrogens is 1. The van der Waals surface area contributed by atoms with Crippen LogP contribution in [0.2, 0.25) is 0 Å². The zero-order valence-electron chi connectivity index (χ0n) is 12.9. The SMILES string of the molecule is Cc1cc(C)c2nc(COc3c(C)cccc3C)[nH]c2c1. The van der Waals surface area contributed by atoms with Crippen molar-refractivity contribution < 1.29 is 4.74 Å². The van der Waals surface area contributed by atoms with Crippen LogP contribution in [0.5, 0.6) is 5.75 Å². The van der Waals surface area contributed by atoms with Crippen molar-refractivity contribution in [2.75, 3.05) is 0 Å². The number of imidazole rings is 1. The van der Waals surface area contributed by atoms with Gasteiger partial charge in [0.25, 0.3) is 0 Å². The summed E-state index contributed by atoms with van der Waals surface area (Å²) in [7, 11) is 0. The minimum absolute atomic E-state index is 0.457. The summed E-state index contributed by atoms with van der Waals surface area (Å²) >= 11 is 0. The maximum absolute atomic E-state index is 5.96. The number of nitrogens with zero attached hydrogens (tertiary/aromatic N) is 1. The molecule has 0 unspecified atom stereocenters. The Balaban J connectivity index is 1.87. The van der Waals surface area contributed by atoms with Gasteiger partial charge in [-0.3, -0.25) is 0 Å². The molecule has 3 rings (SSSR count). The van der Waals surface area contributed by atoms with E-state index < -0.39 is 0 Å². The molecule has 3 heteroatoms. The molecular weight excluding hydrogens is 260 g/mol. The highest BCUT2D eigenvalue weighted by Gasteiger charge is 2.08.